The minimum atomic E-state index is -0.845. The van der Waals surface area contributed by atoms with Crippen LogP contribution in [0.3, 0.4) is 0 Å². The Labute approximate surface area is 208 Å². The molecule has 1 atom stereocenters. The van der Waals surface area contributed by atoms with Crippen LogP contribution in [0.25, 0.3) is 16.6 Å². The number of rotatable bonds is 7. The zero-order valence-electron chi connectivity index (χ0n) is 19.7. The molecule has 35 heavy (non-hydrogen) atoms. The third-order valence-corrected chi connectivity index (χ3v) is 6.68. The molecule has 9 nitrogen and oxygen atoms in total. The van der Waals surface area contributed by atoms with E-state index in [1.165, 1.54) is 12.1 Å². The topological polar surface area (TPSA) is 103 Å². The third kappa shape index (κ3) is 4.72. The number of hydrogen-bond donors (Lipinski definition) is 3. The van der Waals surface area contributed by atoms with Crippen molar-refractivity contribution >= 4 is 39.8 Å². The number of carbonyl (C=O) groups is 1. The molecule has 0 spiro atoms. The molecule has 10 heteroatoms. The van der Waals surface area contributed by atoms with Gasteiger partial charge in [-0.05, 0) is 48.4 Å². The number of aliphatic hydroxyl groups excluding tert-OH is 1. The van der Waals surface area contributed by atoms with Crippen LogP contribution in [-0.4, -0.2) is 72.5 Å². The van der Waals surface area contributed by atoms with Crippen LogP contribution in [0.2, 0.25) is 5.02 Å². The van der Waals surface area contributed by atoms with Crippen LogP contribution in [0.5, 0.6) is 5.75 Å². The molecule has 2 aliphatic rings. The van der Waals surface area contributed by atoms with E-state index in [1.807, 2.05) is 13.0 Å². The predicted octanol–water partition coefficient (Wildman–Crippen LogP) is 2.83. The van der Waals surface area contributed by atoms with Crippen LogP contribution in [0.4, 0.5) is 5.69 Å². The summed E-state index contributed by atoms with van der Waals surface area (Å²) in [7, 11) is 1.54. The second-order valence-electron chi connectivity index (χ2n) is 8.65. The Hall–Kier alpha value is -3.11. The van der Waals surface area contributed by atoms with Crippen molar-refractivity contribution in [3.63, 3.8) is 0 Å². The fourth-order valence-corrected chi connectivity index (χ4v) is 4.71. The molecule has 0 saturated carbocycles. The summed E-state index contributed by atoms with van der Waals surface area (Å²) < 4.78 is 10.6. The highest BCUT2D eigenvalue weighted by atomic mass is 35.5. The van der Waals surface area contributed by atoms with E-state index in [1.54, 1.807) is 18.2 Å². The van der Waals surface area contributed by atoms with Gasteiger partial charge in [0.15, 0.2) is 0 Å². The van der Waals surface area contributed by atoms with E-state index in [9.17, 15) is 9.90 Å². The van der Waals surface area contributed by atoms with Crippen molar-refractivity contribution in [2.75, 3.05) is 51.4 Å². The number of aromatic amines is 1. The van der Waals surface area contributed by atoms with Gasteiger partial charge in [-0.3, -0.25) is 9.80 Å². The third-order valence-electron chi connectivity index (χ3n) is 6.38. The first-order valence-corrected chi connectivity index (χ1v) is 11.9. The molecule has 1 aromatic heterocycles. The number of benzene rings is 2. The number of anilines is 1. The van der Waals surface area contributed by atoms with E-state index in [0.29, 0.717) is 34.3 Å². The molecule has 2 aliphatic heterocycles. The zero-order chi connectivity index (χ0) is 24.5. The number of methoxy groups -OCH3 is 1. The highest BCUT2D eigenvalue weighted by Crippen LogP contribution is 2.29. The van der Waals surface area contributed by atoms with E-state index in [-0.39, 0.29) is 12.5 Å². The minimum absolute atomic E-state index is 0.150. The molecule has 184 valence electrons. The second kappa shape index (κ2) is 9.87. The molecular weight excluding hydrogens is 470 g/mol. The molecule has 0 radical (unpaired) electrons. The molecule has 3 N–H and O–H groups in total. The maximum atomic E-state index is 13.1. The van der Waals surface area contributed by atoms with Gasteiger partial charge in [0.1, 0.15) is 11.6 Å². The first kappa shape index (κ1) is 23.6. The molecule has 1 fully saturated rings. The van der Waals surface area contributed by atoms with Gasteiger partial charge in [0.25, 0.3) is 5.91 Å². The number of imidazole rings is 1. The van der Waals surface area contributed by atoms with Crippen molar-refractivity contribution < 1.29 is 19.4 Å². The number of halogens is 1. The maximum Gasteiger partial charge on any atom is 0.271 e. The average molecular weight is 498 g/mol. The van der Waals surface area contributed by atoms with Crippen molar-refractivity contribution in [2.24, 2.45) is 0 Å². The SMILES string of the molecule is COc1ccc(C(O)CNN2CC=C(c3nc4c(C)cc(N5CCOCC5)cc4[nH]3)C2=O)cc1Cl. The summed E-state index contributed by atoms with van der Waals surface area (Å²) >= 11 is 6.16. The van der Waals surface area contributed by atoms with Gasteiger partial charge in [-0.1, -0.05) is 17.7 Å². The summed E-state index contributed by atoms with van der Waals surface area (Å²) in [5, 5.41) is 12.4. The highest BCUT2D eigenvalue weighted by molar-refractivity contribution is 6.32. The predicted molar refractivity (Wildman–Crippen MR) is 135 cm³/mol. The van der Waals surface area contributed by atoms with E-state index < -0.39 is 6.10 Å². The van der Waals surface area contributed by atoms with Gasteiger partial charge in [0, 0.05) is 25.3 Å². The van der Waals surface area contributed by atoms with E-state index >= 15 is 0 Å². The number of amides is 1. The monoisotopic (exact) mass is 497 g/mol. The number of carbonyl (C=O) groups excluding carboxylic acids is 1. The lowest BCUT2D eigenvalue weighted by molar-refractivity contribution is -0.126. The number of nitrogens with zero attached hydrogens (tertiary/aromatic N) is 3. The van der Waals surface area contributed by atoms with Crippen LogP contribution in [0, 0.1) is 6.92 Å². The van der Waals surface area contributed by atoms with Gasteiger partial charge >= 0.3 is 0 Å². The summed E-state index contributed by atoms with van der Waals surface area (Å²) in [6, 6.07) is 9.31. The Bertz CT molecular complexity index is 1280. The maximum absolute atomic E-state index is 13.1. The number of aliphatic hydroxyl groups is 1. The first-order chi connectivity index (χ1) is 16.9. The Balaban J connectivity index is 1.26. The quantitative estimate of drug-likeness (QED) is 0.461. The number of hydrogen-bond acceptors (Lipinski definition) is 7. The Kier molecular flexibility index (Phi) is 6.66. The Morgan fingerprint density at radius 3 is 2.83 bits per heavy atom. The van der Waals surface area contributed by atoms with E-state index in [2.05, 4.69) is 27.4 Å². The van der Waals surface area contributed by atoms with Crippen molar-refractivity contribution in [1.82, 2.24) is 20.4 Å². The standard InChI is InChI=1S/C25H28ClN5O4/c1-15-11-17(30-7-9-35-10-8-30)13-20-23(15)29-24(28-20)18-5-6-31(25(18)33)27-14-21(32)16-3-4-22(34-2)19(26)12-16/h3-5,11-13,21,27,32H,6-10,14H2,1-2H3,(H,28,29). The summed E-state index contributed by atoms with van der Waals surface area (Å²) in [6.45, 7) is 5.69. The Morgan fingerprint density at radius 2 is 2.09 bits per heavy atom. The number of aryl methyl sites for hydroxylation is 1. The Morgan fingerprint density at radius 1 is 1.29 bits per heavy atom. The molecule has 5 rings (SSSR count). The van der Waals surface area contributed by atoms with Crippen LogP contribution in [0.1, 0.15) is 23.1 Å². The fraction of sp³-hybridized carbons (Fsp3) is 0.360. The van der Waals surface area contributed by atoms with Crippen molar-refractivity contribution in [1.29, 1.82) is 0 Å². The normalized spacial score (nSPS) is 17.3. The van der Waals surface area contributed by atoms with Crippen molar-refractivity contribution in [3.05, 3.63) is 58.4 Å². The molecule has 1 unspecified atom stereocenters. The number of fused-ring (bicyclic) bond motifs is 1. The lowest BCUT2D eigenvalue weighted by atomic mass is 10.1. The largest absolute Gasteiger partial charge is 0.495 e. The minimum Gasteiger partial charge on any atom is -0.495 e. The van der Waals surface area contributed by atoms with Gasteiger partial charge in [-0.2, -0.15) is 0 Å². The van der Waals surface area contributed by atoms with Gasteiger partial charge in [-0.15, -0.1) is 0 Å². The summed E-state index contributed by atoms with van der Waals surface area (Å²) in [5.41, 5.74) is 8.07. The first-order valence-electron chi connectivity index (χ1n) is 11.5. The highest BCUT2D eigenvalue weighted by Gasteiger charge is 2.28. The fourth-order valence-electron chi connectivity index (χ4n) is 4.44. The zero-order valence-corrected chi connectivity index (χ0v) is 20.4. The van der Waals surface area contributed by atoms with Crippen LogP contribution < -0.4 is 15.1 Å². The molecule has 0 bridgehead atoms. The number of nitrogens with one attached hydrogen (secondary N) is 2. The summed E-state index contributed by atoms with van der Waals surface area (Å²) in [6.07, 6.45) is 0.991. The van der Waals surface area contributed by atoms with Crippen molar-refractivity contribution in [3.8, 4) is 5.75 Å². The molecule has 2 aromatic carbocycles. The lowest BCUT2D eigenvalue weighted by Crippen LogP contribution is -2.42. The summed E-state index contributed by atoms with van der Waals surface area (Å²) in [5.74, 6) is 0.881. The number of H-pyrrole nitrogens is 1. The summed E-state index contributed by atoms with van der Waals surface area (Å²) in [4.78, 5) is 23.4. The number of morpholine rings is 1. The van der Waals surface area contributed by atoms with Crippen LogP contribution in [0.15, 0.2) is 36.4 Å². The van der Waals surface area contributed by atoms with Gasteiger partial charge in [0.2, 0.25) is 0 Å². The molecule has 0 aliphatic carbocycles. The van der Waals surface area contributed by atoms with Gasteiger partial charge in [-0.25, -0.2) is 10.4 Å². The number of ether oxygens (including phenoxy) is 2. The van der Waals surface area contributed by atoms with Gasteiger partial charge in [0.05, 0.1) is 54.6 Å². The smallest absolute Gasteiger partial charge is 0.271 e. The average Bonchev–Trinajstić information content (AvgIpc) is 3.46. The second-order valence-corrected chi connectivity index (χ2v) is 9.06. The molecule has 1 saturated heterocycles. The molecule has 3 heterocycles. The number of aromatic nitrogens is 2. The number of hydrazine groups is 1. The molecular formula is C25H28ClN5O4. The molecule has 3 aromatic rings. The van der Waals surface area contributed by atoms with Gasteiger partial charge < -0.3 is 24.5 Å². The van der Waals surface area contributed by atoms with Crippen LogP contribution in [-0.2, 0) is 9.53 Å². The molecule has 1 amide bonds. The van der Waals surface area contributed by atoms with E-state index in [4.69, 9.17) is 26.1 Å². The van der Waals surface area contributed by atoms with E-state index in [0.717, 1.165) is 48.6 Å². The van der Waals surface area contributed by atoms with Crippen molar-refractivity contribution in [2.45, 2.75) is 13.0 Å². The lowest BCUT2D eigenvalue weighted by Gasteiger charge is -2.29. The van der Waals surface area contributed by atoms with Crippen LogP contribution >= 0.6 is 11.6 Å².